The molecule has 0 aliphatic carbocycles. The molecule has 122 valence electrons. The van der Waals surface area contributed by atoms with Gasteiger partial charge in [-0.1, -0.05) is 49.7 Å². The average molecular weight is 317 g/mol. The molecule has 1 amide bonds. The smallest absolute Gasteiger partial charge is 0.409 e. The van der Waals surface area contributed by atoms with Gasteiger partial charge in [0.25, 0.3) is 0 Å². The van der Waals surface area contributed by atoms with Crippen LogP contribution in [0.5, 0.6) is 0 Å². The van der Waals surface area contributed by atoms with E-state index in [0.29, 0.717) is 17.5 Å². The molecule has 0 saturated carbocycles. The van der Waals surface area contributed by atoms with Gasteiger partial charge in [-0.15, -0.1) is 0 Å². The van der Waals surface area contributed by atoms with Crippen LogP contribution in [-0.4, -0.2) is 23.1 Å². The van der Waals surface area contributed by atoms with E-state index in [0.717, 1.165) is 0 Å². The molecule has 4 N–H and O–H groups in total. The molecule has 0 bridgehead atoms. The Balaban J connectivity index is 3.05. The lowest BCUT2D eigenvalue weighted by Gasteiger charge is -2.25. The van der Waals surface area contributed by atoms with Crippen LogP contribution in [0.1, 0.15) is 37.4 Å². The predicted molar refractivity (Wildman–Crippen MR) is 75.3 cm³/mol. The van der Waals surface area contributed by atoms with Crippen molar-refractivity contribution >= 4 is 11.7 Å². The highest BCUT2D eigenvalue weighted by atomic mass is 19.4. The summed E-state index contributed by atoms with van der Waals surface area (Å²) in [5.41, 5.74) is 6.37. The molecular weight excluding hydrogens is 299 g/mol. The summed E-state index contributed by atoms with van der Waals surface area (Å²) in [7, 11) is 0. The van der Waals surface area contributed by atoms with E-state index in [1.165, 1.54) is 12.1 Å². The third-order valence-corrected chi connectivity index (χ3v) is 3.43. The summed E-state index contributed by atoms with van der Waals surface area (Å²) in [6.07, 6.45) is -4.34. The minimum atomic E-state index is -4.93. The number of alkyl halides is 3. The van der Waals surface area contributed by atoms with Crippen molar-refractivity contribution in [2.75, 3.05) is 0 Å². The molecule has 0 aliphatic rings. The lowest BCUT2D eigenvalue weighted by Crippen LogP contribution is -2.41. The summed E-state index contributed by atoms with van der Waals surface area (Å²) in [6.45, 7) is 3.57. The zero-order valence-electron chi connectivity index (χ0n) is 12.2. The minimum Gasteiger partial charge on any atom is -0.409 e. The van der Waals surface area contributed by atoms with Crippen LogP contribution in [0.4, 0.5) is 13.2 Å². The Bertz CT molecular complexity index is 541. The molecule has 8 heteroatoms. The molecule has 0 aliphatic heterocycles. The van der Waals surface area contributed by atoms with Gasteiger partial charge in [0.2, 0.25) is 0 Å². The van der Waals surface area contributed by atoms with Gasteiger partial charge in [-0.3, -0.25) is 4.79 Å². The highest BCUT2D eigenvalue weighted by molar-refractivity contribution is 5.97. The van der Waals surface area contributed by atoms with Gasteiger partial charge in [0.1, 0.15) is 0 Å². The maximum atomic E-state index is 12.4. The number of nitrogens with two attached hydrogens (primary N) is 1. The van der Waals surface area contributed by atoms with Crippen molar-refractivity contribution in [1.29, 1.82) is 0 Å². The number of carbonyl (C=O) groups is 1. The van der Waals surface area contributed by atoms with E-state index in [-0.39, 0.29) is 11.8 Å². The number of oxime groups is 1. The fourth-order valence-corrected chi connectivity index (χ4v) is 1.93. The first-order valence-corrected chi connectivity index (χ1v) is 6.66. The first-order chi connectivity index (χ1) is 10.2. The van der Waals surface area contributed by atoms with E-state index in [2.05, 4.69) is 5.16 Å². The van der Waals surface area contributed by atoms with E-state index in [9.17, 15) is 18.0 Å². The highest BCUT2D eigenvalue weighted by Gasteiger charge is 2.40. The van der Waals surface area contributed by atoms with Crippen LogP contribution in [-0.2, 0) is 4.79 Å². The molecule has 0 spiro atoms. The number of amides is 1. The summed E-state index contributed by atoms with van der Waals surface area (Å²) in [5.74, 6) is -2.27. The second-order valence-electron chi connectivity index (χ2n) is 4.94. The molecule has 0 heterocycles. The van der Waals surface area contributed by atoms with Crippen LogP contribution < -0.4 is 11.1 Å². The molecule has 1 rings (SSSR count). The Morgan fingerprint density at radius 1 is 1.36 bits per heavy atom. The summed E-state index contributed by atoms with van der Waals surface area (Å²) in [5, 5.41) is 13.4. The van der Waals surface area contributed by atoms with Gasteiger partial charge in [0.15, 0.2) is 5.84 Å². The largest absolute Gasteiger partial charge is 0.471 e. The van der Waals surface area contributed by atoms with Crippen molar-refractivity contribution in [3.63, 3.8) is 0 Å². The number of halogens is 3. The summed E-state index contributed by atoms with van der Waals surface area (Å²) >= 11 is 0. The third-order valence-electron chi connectivity index (χ3n) is 3.43. The molecule has 0 saturated heterocycles. The normalized spacial score (nSPS) is 15.2. The van der Waals surface area contributed by atoms with Gasteiger partial charge in [-0.05, 0) is 11.5 Å². The number of hydrogen-bond acceptors (Lipinski definition) is 3. The predicted octanol–water partition coefficient (Wildman–Crippen LogP) is 2.55. The fraction of sp³-hybridized carbons (Fsp3) is 0.429. The number of amidine groups is 1. The zero-order valence-corrected chi connectivity index (χ0v) is 12.2. The minimum absolute atomic E-state index is 0.106. The van der Waals surface area contributed by atoms with Crippen LogP contribution in [0.25, 0.3) is 0 Å². The number of benzene rings is 1. The van der Waals surface area contributed by atoms with E-state index in [4.69, 9.17) is 10.9 Å². The third kappa shape index (κ3) is 4.37. The number of nitrogens with zero attached hydrogens (tertiary/aromatic N) is 1. The summed E-state index contributed by atoms with van der Waals surface area (Å²) in [6, 6.07) is 5.33. The number of hydrogen-bond donors (Lipinski definition) is 3. The van der Waals surface area contributed by atoms with Crippen molar-refractivity contribution in [2.45, 2.75) is 32.5 Å². The van der Waals surface area contributed by atoms with Crippen LogP contribution in [0.15, 0.2) is 29.4 Å². The standard InChI is InChI=1S/C14H18F3N3O2/c1-3-8(2)11(19-13(21)14(15,16)17)9-4-6-10(7-5-9)12(18)20-22/h4-8,11,22H,3H2,1-2H3,(H2,18,20)(H,19,21). The van der Waals surface area contributed by atoms with Crippen molar-refractivity contribution in [3.8, 4) is 0 Å². The molecule has 22 heavy (non-hydrogen) atoms. The first-order valence-electron chi connectivity index (χ1n) is 6.66. The molecule has 0 fully saturated rings. The maximum absolute atomic E-state index is 12.4. The molecule has 0 aromatic heterocycles. The van der Waals surface area contributed by atoms with E-state index in [1.807, 2.05) is 12.2 Å². The number of carbonyl (C=O) groups excluding carboxylic acids is 1. The van der Waals surface area contributed by atoms with Gasteiger partial charge in [-0.25, -0.2) is 0 Å². The van der Waals surface area contributed by atoms with Gasteiger partial charge >= 0.3 is 12.1 Å². The Morgan fingerprint density at radius 2 is 1.91 bits per heavy atom. The van der Waals surface area contributed by atoms with E-state index < -0.39 is 18.1 Å². The van der Waals surface area contributed by atoms with Crippen molar-refractivity contribution in [3.05, 3.63) is 35.4 Å². The lowest BCUT2D eigenvalue weighted by atomic mass is 9.91. The molecule has 5 nitrogen and oxygen atoms in total. The van der Waals surface area contributed by atoms with Crippen LogP contribution in [0.3, 0.4) is 0 Å². The molecule has 2 atom stereocenters. The van der Waals surface area contributed by atoms with Gasteiger partial charge < -0.3 is 16.3 Å². The molecule has 1 aromatic rings. The number of nitrogens with one attached hydrogen (secondary N) is 1. The SMILES string of the molecule is CCC(C)C(NC(=O)C(F)(F)F)c1ccc(/C(N)=N/O)cc1. The average Bonchev–Trinajstić information content (AvgIpc) is 2.50. The van der Waals surface area contributed by atoms with Crippen LogP contribution in [0.2, 0.25) is 0 Å². The Kier molecular flexibility index (Phi) is 5.78. The Hall–Kier alpha value is -2.25. The van der Waals surface area contributed by atoms with Gasteiger partial charge in [0.05, 0.1) is 6.04 Å². The van der Waals surface area contributed by atoms with Gasteiger partial charge in [0, 0.05) is 5.56 Å². The van der Waals surface area contributed by atoms with Crippen molar-refractivity contribution < 1.29 is 23.2 Å². The molecule has 2 unspecified atom stereocenters. The summed E-state index contributed by atoms with van der Waals surface area (Å²) in [4.78, 5) is 11.2. The van der Waals surface area contributed by atoms with E-state index >= 15 is 0 Å². The van der Waals surface area contributed by atoms with Crippen LogP contribution in [0, 0.1) is 5.92 Å². The first kappa shape index (κ1) is 17.8. The van der Waals surface area contributed by atoms with Crippen molar-refractivity contribution in [1.82, 2.24) is 5.32 Å². The highest BCUT2D eigenvalue weighted by Crippen LogP contribution is 2.26. The second kappa shape index (κ2) is 7.15. The molecule has 1 aromatic carbocycles. The Morgan fingerprint density at radius 3 is 2.32 bits per heavy atom. The second-order valence-corrected chi connectivity index (χ2v) is 4.94. The van der Waals surface area contributed by atoms with Crippen molar-refractivity contribution in [2.24, 2.45) is 16.8 Å². The van der Waals surface area contributed by atoms with Crippen LogP contribution >= 0.6 is 0 Å². The summed E-state index contributed by atoms with van der Waals surface area (Å²) < 4.78 is 37.3. The van der Waals surface area contributed by atoms with Gasteiger partial charge in [-0.2, -0.15) is 13.2 Å². The maximum Gasteiger partial charge on any atom is 0.471 e. The molecular formula is C14H18F3N3O2. The van der Waals surface area contributed by atoms with E-state index in [1.54, 1.807) is 19.1 Å². The fourth-order valence-electron chi connectivity index (χ4n) is 1.93. The zero-order chi connectivity index (χ0) is 16.9. The Labute approximate surface area is 126 Å². The quantitative estimate of drug-likeness (QED) is 0.337. The lowest BCUT2D eigenvalue weighted by molar-refractivity contribution is -0.174. The topological polar surface area (TPSA) is 87.7 Å². The number of rotatable bonds is 5. The molecule has 0 radical (unpaired) electrons. The monoisotopic (exact) mass is 317 g/mol.